The van der Waals surface area contributed by atoms with Gasteiger partial charge in [-0.3, -0.25) is 9.59 Å². The van der Waals surface area contributed by atoms with E-state index < -0.39 is 11.9 Å². The molecule has 11 heteroatoms. The van der Waals surface area contributed by atoms with Crippen molar-refractivity contribution in [3.05, 3.63) is 71.8 Å². The predicted octanol–water partition coefficient (Wildman–Crippen LogP) is 11.1. The van der Waals surface area contributed by atoms with Gasteiger partial charge in [0.25, 0.3) is 0 Å². The number of ether oxygens (including phenoxy) is 4. The normalized spacial score (nSPS) is 12.7. The van der Waals surface area contributed by atoms with Crippen LogP contribution in [-0.4, -0.2) is 97.2 Å². The van der Waals surface area contributed by atoms with Gasteiger partial charge >= 0.3 is 60.8 Å². The van der Waals surface area contributed by atoms with Crippen molar-refractivity contribution in [2.75, 3.05) is 0 Å². The van der Waals surface area contributed by atoms with Gasteiger partial charge in [-0.05, 0) is 75.3 Å². The van der Waals surface area contributed by atoms with Crippen LogP contribution in [0.15, 0.2) is 60.7 Å². The number of esters is 2. The topological polar surface area (TPSA) is 151 Å². The Balaban J connectivity index is 0.00000124. The number of carbonyl (C=O) groups excluding carboxylic acids is 4. The van der Waals surface area contributed by atoms with Gasteiger partial charge in [-0.25, -0.2) is 0 Å². The first-order valence-corrected chi connectivity index (χ1v) is 25.1. The Morgan fingerprint density at radius 1 is 0.431 bits per heavy atom. The minimum atomic E-state index is -1.04. The van der Waals surface area contributed by atoms with Crippen molar-refractivity contribution < 1.29 is 48.3 Å². The van der Waals surface area contributed by atoms with Crippen LogP contribution in [0.1, 0.15) is 219 Å². The second kappa shape index (κ2) is 44.3. The molecule has 10 nitrogen and oxygen atoms in total. The van der Waals surface area contributed by atoms with Gasteiger partial charge < -0.3 is 38.7 Å². The Hall–Kier alpha value is -2.19. The second-order valence-electron chi connectivity index (χ2n) is 17.5. The quantitative estimate of drug-likeness (QED) is 0.0358. The molecule has 0 spiro atoms. The first kappa shape index (κ1) is 62.8. The number of hydrogen-bond acceptors (Lipinski definition) is 10. The van der Waals surface area contributed by atoms with Gasteiger partial charge in [-0.1, -0.05) is 177 Å². The van der Waals surface area contributed by atoms with E-state index in [0.717, 1.165) is 49.7 Å². The molecule has 0 aromatic heterocycles. The Bertz CT molecular complexity index is 1320. The Labute approximate surface area is 434 Å². The first-order valence-electron chi connectivity index (χ1n) is 25.1. The van der Waals surface area contributed by atoms with E-state index in [9.17, 15) is 29.4 Å². The van der Waals surface area contributed by atoms with Gasteiger partial charge in [0, 0.05) is 38.6 Å². The summed E-state index contributed by atoms with van der Waals surface area (Å²) in [5, 5.41) is 21.6. The minimum Gasteiger partial charge on any atom is -0.550 e. The fourth-order valence-corrected chi connectivity index (χ4v) is 7.93. The molecule has 4 unspecified atom stereocenters. The molecule has 2 aromatic carbocycles. The summed E-state index contributed by atoms with van der Waals surface area (Å²) in [6.07, 6.45) is 26.9. The number of carboxylic acid groups (broad SMARTS) is 2. The minimum absolute atomic E-state index is 0. The number of unbranched alkanes of at least 4 members (excludes halogenated alkanes) is 16. The van der Waals surface area contributed by atoms with Crippen molar-refractivity contribution in [1.82, 2.24) is 0 Å². The SMILES string of the molecule is CCCCCCCCCCCC(CC(CCCC(=O)[O-])OCc1ccccc1)OC(C)=O.CCCCCCCCCCCC(CC(CCCC(=O)[O-])OCc1ccccc1)OC(C)=O.[Ba+2]. The summed E-state index contributed by atoms with van der Waals surface area (Å²) in [6.45, 7) is 8.28. The monoisotopic (exact) mass is 1030 g/mol. The summed E-state index contributed by atoms with van der Waals surface area (Å²) in [7, 11) is 0. The van der Waals surface area contributed by atoms with Gasteiger partial charge in [0.15, 0.2) is 0 Å². The molecule has 364 valence electrons. The molecule has 0 aliphatic carbocycles. The van der Waals surface area contributed by atoms with Crippen LogP contribution < -0.4 is 10.2 Å². The summed E-state index contributed by atoms with van der Waals surface area (Å²) in [4.78, 5) is 44.9. The largest absolute Gasteiger partial charge is 2.00 e. The number of aliphatic carboxylic acids is 2. The molecule has 65 heavy (non-hydrogen) atoms. The number of hydrogen-bond donors (Lipinski definition) is 0. The van der Waals surface area contributed by atoms with E-state index in [-0.39, 0.29) is 98.1 Å². The van der Waals surface area contributed by atoms with Crippen LogP contribution in [0.2, 0.25) is 0 Å². The van der Waals surface area contributed by atoms with Crippen molar-refractivity contribution in [3.63, 3.8) is 0 Å². The molecule has 0 heterocycles. The molecule has 0 radical (unpaired) electrons. The second-order valence-corrected chi connectivity index (χ2v) is 17.5. The predicted molar refractivity (Wildman–Crippen MR) is 258 cm³/mol. The number of rotatable bonds is 40. The molecule has 0 bridgehead atoms. The molecule has 0 saturated heterocycles. The number of carboxylic acids is 2. The first-order chi connectivity index (χ1) is 31.0. The summed E-state index contributed by atoms with van der Waals surface area (Å²) < 4.78 is 23.4. The van der Waals surface area contributed by atoms with Crippen LogP contribution >= 0.6 is 0 Å². The van der Waals surface area contributed by atoms with Crippen molar-refractivity contribution in [1.29, 1.82) is 0 Å². The molecule has 0 amide bonds. The van der Waals surface area contributed by atoms with Crippen LogP contribution in [0, 0.1) is 0 Å². The van der Waals surface area contributed by atoms with Gasteiger partial charge in [-0.15, -0.1) is 0 Å². The summed E-state index contributed by atoms with van der Waals surface area (Å²) in [5.41, 5.74) is 2.14. The molecule has 2 rings (SSSR count). The molecular weight excluding hydrogens is 946 g/mol. The Morgan fingerprint density at radius 2 is 0.723 bits per heavy atom. The third-order valence-electron chi connectivity index (χ3n) is 11.4. The van der Waals surface area contributed by atoms with Crippen LogP contribution in [-0.2, 0) is 51.3 Å². The van der Waals surface area contributed by atoms with Crippen molar-refractivity contribution in [3.8, 4) is 0 Å². The van der Waals surface area contributed by atoms with Crippen LogP contribution in [0.4, 0.5) is 0 Å². The van der Waals surface area contributed by atoms with Gasteiger partial charge in [0.2, 0.25) is 0 Å². The van der Waals surface area contributed by atoms with Gasteiger partial charge in [-0.2, -0.15) is 0 Å². The Kier molecular flexibility index (Phi) is 42.8. The molecule has 0 saturated carbocycles. The fraction of sp³-hybridized carbons (Fsp3) is 0.704. The van der Waals surface area contributed by atoms with Crippen molar-refractivity contribution in [2.24, 2.45) is 0 Å². The van der Waals surface area contributed by atoms with Crippen LogP contribution in [0.5, 0.6) is 0 Å². The zero-order valence-electron chi connectivity index (χ0n) is 41.1. The molecule has 0 aliphatic rings. The van der Waals surface area contributed by atoms with E-state index in [1.165, 1.54) is 104 Å². The number of benzene rings is 2. The van der Waals surface area contributed by atoms with Gasteiger partial charge in [0.1, 0.15) is 12.2 Å². The summed E-state index contributed by atoms with van der Waals surface area (Å²) in [6, 6.07) is 19.8. The number of carbonyl (C=O) groups is 4. The fourth-order valence-electron chi connectivity index (χ4n) is 7.93. The molecule has 0 fully saturated rings. The summed E-state index contributed by atoms with van der Waals surface area (Å²) >= 11 is 0. The average Bonchev–Trinajstić information content (AvgIpc) is 3.26. The van der Waals surface area contributed by atoms with Crippen LogP contribution in [0.25, 0.3) is 0 Å². The zero-order chi connectivity index (χ0) is 46.9. The third-order valence-corrected chi connectivity index (χ3v) is 11.4. The molecule has 0 N–H and O–H groups in total. The maximum atomic E-state index is 11.6. The molecule has 4 atom stereocenters. The maximum absolute atomic E-state index is 11.6. The van der Waals surface area contributed by atoms with Crippen molar-refractivity contribution in [2.45, 2.75) is 245 Å². The molecule has 2 aromatic rings. The molecule has 0 aliphatic heterocycles. The zero-order valence-corrected chi connectivity index (χ0v) is 45.5. The van der Waals surface area contributed by atoms with E-state index in [1.807, 2.05) is 60.7 Å². The van der Waals surface area contributed by atoms with E-state index in [0.29, 0.717) is 51.7 Å². The van der Waals surface area contributed by atoms with E-state index in [4.69, 9.17) is 18.9 Å². The van der Waals surface area contributed by atoms with Gasteiger partial charge in [0.05, 0.1) is 25.4 Å². The maximum Gasteiger partial charge on any atom is 2.00 e. The standard InChI is InChI=1S/2C27H44O5.Ba/c2*1-3-4-5-6-7-8-9-10-14-18-26(32-23(2)28)21-25(19-15-20-27(29)30)31-22-24-16-12-11-13-17-24;/h2*11-13,16-17,25-26H,3-10,14-15,18-22H2,1-2H3,(H,29,30);/q;;+2/p-2. The molecular formula is C54H86BaO10. The Morgan fingerprint density at radius 3 is 1.02 bits per heavy atom. The summed E-state index contributed by atoms with van der Waals surface area (Å²) in [5.74, 6) is -2.64. The van der Waals surface area contributed by atoms with E-state index >= 15 is 0 Å². The smallest absolute Gasteiger partial charge is 0.550 e. The van der Waals surface area contributed by atoms with Crippen LogP contribution in [0.3, 0.4) is 0 Å². The third kappa shape index (κ3) is 40.6. The van der Waals surface area contributed by atoms with E-state index in [2.05, 4.69) is 13.8 Å². The van der Waals surface area contributed by atoms with Crippen molar-refractivity contribution >= 4 is 72.8 Å². The average molecular weight is 1030 g/mol. The van der Waals surface area contributed by atoms with E-state index in [1.54, 1.807) is 0 Å².